The van der Waals surface area contributed by atoms with Crippen molar-refractivity contribution < 1.29 is 19.2 Å². The largest absolute Gasteiger partial charge is 0.385 e. The van der Waals surface area contributed by atoms with Crippen LogP contribution in [0.15, 0.2) is 48.9 Å². The zero-order valence-corrected chi connectivity index (χ0v) is 22.8. The van der Waals surface area contributed by atoms with Crippen LogP contribution in [0.3, 0.4) is 0 Å². The maximum atomic E-state index is 13.1. The molecule has 4 aliphatic rings. The highest BCUT2D eigenvalue weighted by Gasteiger charge is 2.44. The molecule has 2 aliphatic carbocycles. The van der Waals surface area contributed by atoms with Crippen LogP contribution in [-0.4, -0.2) is 60.9 Å². The first-order chi connectivity index (χ1) is 20.4. The van der Waals surface area contributed by atoms with Gasteiger partial charge in [-0.3, -0.25) is 39.1 Å². The molecule has 0 bridgehead atoms. The number of benzene rings is 1. The van der Waals surface area contributed by atoms with E-state index in [1.54, 1.807) is 18.2 Å². The Morgan fingerprint density at radius 2 is 1.79 bits per heavy atom. The number of carbonyl (C=O) groups excluding carboxylic acids is 4. The lowest BCUT2D eigenvalue weighted by Gasteiger charge is -2.35. The van der Waals surface area contributed by atoms with E-state index >= 15 is 0 Å². The van der Waals surface area contributed by atoms with Crippen molar-refractivity contribution in [2.24, 2.45) is 5.92 Å². The number of piperidine rings is 1. The van der Waals surface area contributed by atoms with Crippen molar-refractivity contribution in [2.45, 2.75) is 56.5 Å². The van der Waals surface area contributed by atoms with E-state index in [0.717, 1.165) is 57.8 Å². The van der Waals surface area contributed by atoms with Crippen LogP contribution in [0.25, 0.3) is 22.2 Å². The molecule has 212 valence electrons. The summed E-state index contributed by atoms with van der Waals surface area (Å²) in [6.45, 7) is 0.737. The van der Waals surface area contributed by atoms with Gasteiger partial charge in [-0.25, -0.2) is 0 Å². The molecule has 2 saturated carbocycles. The minimum Gasteiger partial charge on any atom is -0.385 e. The lowest BCUT2D eigenvalue weighted by atomic mass is 9.80. The molecule has 3 fully saturated rings. The molecule has 1 saturated heterocycles. The third-order valence-corrected chi connectivity index (χ3v) is 9.07. The fourth-order valence-corrected chi connectivity index (χ4v) is 6.55. The van der Waals surface area contributed by atoms with Gasteiger partial charge in [0.1, 0.15) is 6.04 Å². The first-order valence-electron chi connectivity index (χ1n) is 14.6. The first kappa shape index (κ1) is 25.0. The Hall–Kier alpha value is -4.80. The Kier molecular flexibility index (Phi) is 5.56. The maximum Gasteiger partial charge on any atom is 0.262 e. The number of amides is 4. The first-order valence-corrected chi connectivity index (χ1v) is 14.6. The van der Waals surface area contributed by atoms with Crippen molar-refractivity contribution in [3.63, 3.8) is 0 Å². The van der Waals surface area contributed by atoms with E-state index in [1.807, 2.05) is 18.5 Å². The van der Waals surface area contributed by atoms with Crippen LogP contribution in [0.4, 0.5) is 5.69 Å². The highest BCUT2D eigenvalue weighted by atomic mass is 16.2. The van der Waals surface area contributed by atoms with Gasteiger partial charge in [-0.05, 0) is 68.4 Å². The molecule has 4 aromatic rings. The van der Waals surface area contributed by atoms with Crippen molar-refractivity contribution in [3.8, 4) is 11.3 Å². The van der Waals surface area contributed by atoms with E-state index < -0.39 is 23.8 Å². The van der Waals surface area contributed by atoms with Gasteiger partial charge in [-0.1, -0.05) is 0 Å². The molecule has 11 heteroatoms. The summed E-state index contributed by atoms with van der Waals surface area (Å²) in [6.07, 6.45) is 10.5. The van der Waals surface area contributed by atoms with Gasteiger partial charge < -0.3 is 10.3 Å². The standard InChI is InChI=1S/C31H29N7O4/c39-25-6-5-24(29(40)35-25)38-30(41)21-4-3-19(13-22(21)31(38)42)34-14-16-11-20(12-16)37-15-23(26(36-37)17-1-2-17)28-27-18(7-9-32-27)8-10-33-28/h3-4,7-10,13,15-17,20,24,32,34H,1-2,5-6,11-12,14H2,(H,35,39,40)/t16-,20-,24?. The summed E-state index contributed by atoms with van der Waals surface area (Å²) in [6, 6.07) is 8.56. The molecule has 0 spiro atoms. The van der Waals surface area contributed by atoms with Crippen molar-refractivity contribution in [2.75, 3.05) is 11.9 Å². The summed E-state index contributed by atoms with van der Waals surface area (Å²) in [5.41, 5.74) is 5.60. The van der Waals surface area contributed by atoms with Crippen LogP contribution in [-0.2, 0) is 9.59 Å². The number of rotatable bonds is 7. The van der Waals surface area contributed by atoms with E-state index in [-0.39, 0.29) is 29.9 Å². The fraction of sp³-hybridized carbons (Fsp3) is 0.355. The molecule has 3 aromatic heterocycles. The zero-order valence-electron chi connectivity index (χ0n) is 22.8. The van der Waals surface area contributed by atoms with E-state index in [9.17, 15) is 19.2 Å². The molecule has 3 N–H and O–H groups in total. The number of nitrogens with zero attached hydrogens (tertiary/aromatic N) is 4. The third kappa shape index (κ3) is 4.02. The number of aromatic amines is 1. The SMILES string of the molecule is O=C1CCC(N2C(=O)c3ccc(NC[C@H]4C[C@H](n5cc(-c6nccc7cc[nH]c67)c(C6CC6)n5)C4)cc3C2=O)C(=O)N1. The van der Waals surface area contributed by atoms with E-state index in [4.69, 9.17) is 10.1 Å². The molecular weight excluding hydrogens is 534 g/mol. The van der Waals surface area contributed by atoms with Crippen LogP contribution in [0.2, 0.25) is 0 Å². The van der Waals surface area contributed by atoms with E-state index in [0.29, 0.717) is 17.9 Å². The smallest absolute Gasteiger partial charge is 0.262 e. The maximum absolute atomic E-state index is 13.1. The Morgan fingerprint density at radius 3 is 2.60 bits per heavy atom. The molecule has 1 atom stereocenters. The molecular formula is C31H29N7O4. The summed E-state index contributed by atoms with van der Waals surface area (Å²) in [4.78, 5) is 59.0. The predicted molar refractivity (Wildman–Crippen MR) is 153 cm³/mol. The Balaban J connectivity index is 0.931. The van der Waals surface area contributed by atoms with Crippen LogP contribution in [0.1, 0.15) is 76.9 Å². The monoisotopic (exact) mass is 563 g/mol. The van der Waals surface area contributed by atoms with Crippen molar-refractivity contribution in [1.82, 2.24) is 30.0 Å². The number of pyridine rings is 1. The molecule has 2 aliphatic heterocycles. The normalized spacial score (nSPS) is 23.7. The number of hydrogen-bond donors (Lipinski definition) is 3. The van der Waals surface area contributed by atoms with Gasteiger partial charge in [-0.15, -0.1) is 0 Å². The zero-order chi connectivity index (χ0) is 28.5. The number of carbonyl (C=O) groups is 4. The number of H-pyrrole nitrogens is 1. The predicted octanol–water partition coefficient (Wildman–Crippen LogP) is 3.77. The van der Waals surface area contributed by atoms with Gasteiger partial charge in [0, 0.05) is 54.1 Å². The molecule has 1 unspecified atom stereocenters. The number of nitrogens with one attached hydrogen (secondary N) is 3. The number of fused-ring (bicyclic) bond motifs is 2. The minimum absolute atomic E-state index is 0.0978. The molecule has 4 amide bonds. The van der Waals surface area contributed by atoms with Crippen molar-refractivity contribution in [1.29, 1.82) is 0 Å². The van der Waals surface area contributed by atoms with Crippen LogP contribution in [0, 0.1) is 5.92 Å². The summed E-state index contributed by atoms with van der Waals surface area (Å²) in [7, 11) is 0. The number of anilines is 1. The molecule has 5 heterocycles. The lowest BCUT2D eigenvalue weighted by molar-refractivity contribution is -0.136. The highest BCUT2D eigenvalue weighted by molar-refractivity contribution is 6.23. The summed E-state index contributed by atoms with van der Waals surface area (Å²) >= 11 is 0. The van der Waals surface area contributed by atoms with Gasteiger partial charge in [0.15, 0.2) is 0 Å². The number of hydrogen-bond acceptors (Lipinski definition) is 7. The summed E-state index contributed by atoms with van der Waals surface area (Å²) in [5.74, 6) is -1.04. The Labute approximate surface area is 240 Å². The second-order valence-corrected chi connectivity index (χ2v) is 11.9. The van der Waals surface area contributed by atoms with Crippen LogP contribution >= 0.6 is 0 Å². The second-order valence-electron chi connectivity index (χ2n) is 11.9. The fourth-order valence-electron chi connectivity index (χ4n) is 6.55. The number of imide groups is 2. The molecule has 8 rings (SSSR count). The minimum atomic E-state index is -0.965. The summed E-state index contributed by atoms with van der Waals surface area (Å²) < 4.78 is 2.13. The second kappa shape index (κ2) is 9.37. The van der Waals surface area contributed by atoms with Gasteiger partial charge in [0.2, 0.25) is 11.8 Å². The summed E-state index contributed by atoms with van der Waals surface area (Å²) in [5, 5.41) is 11.8. The van der Waals surface area contributed by atoms with E-state index in [2.05, 4.69) is 32.6 Å². The average molecular weight is 564 g/mol. The number of aromatic nitrogens is 4. The van der Waals surface area contributed by atoms with Crippen LogP contribution < -0.4 is 10.6 Å². The highest BCUT2D eigenvalue weighted by Crippen LogP contribution is 2.46. The van der Waals surface area contributed by atoms with Crippen molar-refractivity contribution >= 4 is 40.2 Å². The van der Waals surface area contributed by atoms with E-state index in [1.165, 1.54) is 12.8 Å². The van der Waals surface area contributed by atoms with Gasteiger partial charge >= 0.3 is 0 Å². The average Bonchev–Trinajstić information content (AvgIpc) is 3.43. The van der Waals surface area contributed by atoms with Gasteiger partial charge in [0.25, 0.3) is 11.8 Å². The molecule has 42 heavy (non-hydrogen) atoms. The molecule has 1 aromatic carbocycles. The van der Waals surface area contributed by atoms with Crippen LogP contribution in [0.5, 0.6) is 0 Å². The molecule has 0 radical (unpaired) electrons. The van der Waals surface area contributed by atoms with Gasteiger partial charge in [0.05, 0.1) is 34.1 Å². The quantitative estimate of drug-likeness (QED) is 0.291. The topological polar surface area (TPSA) is 142 Å². The van der Waals surface area contributed by atoms with Crippen molar-refractivity contribution in [3.05, 3.63) is 65.7 Å². The lowest BCUT2D eigenvalue weighted by Crippen LogP contribution is -2.54. The Bertz CT molecular complexity index is 1800. The third-order valence-electron chi connectivity index (χ3n) is 9.07. The molecule has 11 nitrogen and oxygen atoms in total. The Morgan fingerprint density at radius 1 is 0.952 bits per heavy atom. The van der Waals surface area contributed by atoms with Gasteiger partial charge in [-0.2, -0.15) is 5.10 Å².